The van der Waals surface area contributed by atoms with Crippen LogP contribution in [-0.2, 0) is 16.0 Å². The molecule has 0 aliphatic rings. The van der Waals surface area contributed by atoms with Gasteiger partial charge in [0.25, 0.3) is 0 Å². The average molecular weight is 427 g/mol. The highest BCUT2D eigenvalue weighted by Crippen LogP contribution is 2.36. The summed E-state index contributed by atoms with van der Waals surface area (Å²) >= 11 is 0. The number of esters is 1. The number of H-pyrrole nitrogens is 1. The van der Waals surface area contributed by atoms with E-state index in [-0.39, 0.29) is 17.7 Å². The minimum atomic E-state index is -0.232. The Kier molecular flexibility index (Phi) is 5.74. The van der Waals surface area contributed by atoms with Crippen molar-refractivity contribution >= 4 is 81.0 Å². The van der Waals surface area contributed by atoms with E-state index in [0.717, 1.165) is 49.7 Å². The smallest absolute Gasteiger partial charge is 0.305 e. The van der Waals surface area contributed by atoms with Crippen molar-refractivity contribution in [2.45, 2.75) is 32.6 Å². The number of aryl methyl sites for hydroxylation is 1. The molecule has 2 aromatic carbocycles. The first kappa shape index (κ1) is 22.3. The van der Waals surface area contributed by atoms with Gasteiger partial charge in [0, 0.05) is 28.6 Å². The first-order chi connectivity index (χ1) is 15.2. The van der Waals surface area contributed by atoms with Gasteiger partial charge >= 0.3 is 5.97 Å². The van der Waals surface area contributed by atoms with E-state index in [0.29, 0.717) is 23.8 Å². The van der Waals surface area contributed by atoms with Gasteiger partial charge < -0.3 is 9.30 Å². The number of fused-ring (bicyclic) bond motifs is 2. The summed E-state index contributed by atoms with van der Waals surface area (Å²) in [5.41, 5.74) is 8.45. The number of carbonyl (C=O) groups excluding carboxylic acids is 1. The molecule has 0 unspecified atom stereocenters. The maximum atomic E-state index is 14.9. The zero-order valence-corrected chi connectivity index (χ0v) is 19.8. The lowest BCUT2D eigenvalue weighted by Gasteiger charge is -2.23. The predicted octanol–water partition coefficient (Wildman–Crippen LogP) is -2.09. The molecule has 0 fully saturated rings. The monoisotopic (exact) mass is 427 g/mol. The lowest BCUT2D eigenvalue weighted by atomic mass is 9.68. The fourth-order valence-corrected chi connectivity index (χ4v) is 4.83. The Morgan fingerprint density at radius 3 is 2.41 bits per heavy atom. The Hall–Kier alpha value is -2.89. The normalized spacial score (nSPS) is 11.7. The van der Waals surface area contributed by atoms with Crippen molar-refractivity contribution in [1.82, 2.24) is 14.8 Å². The van der Waals surface area contributed by atoms with Gasteiger partial charge in [0.1, 0.15) is 37.2 Å². The van der Waals surface area contributed by atoms with E-state index >= 15 is 0 Å². The quantitative estimate of drug-likeness (QED) is 0.294. The van der Waals surface area contributed by atoms with Gasteiger partial charge in [0.15, 0.2) is 0 Å². The molecule has 0 saturated carbocycles. The molecule has 0 aliphatic carbocycles. The number of hydrogen-bond donors (Lipinski definition) is 1. The molecule has 4 rings (SSSR count). The molecular weight excluding hydrogens is 401 g/mol. The molecule has 5 nitrogen and oxygen atoms in total. The number of aromatic nitrogens is 3. The molecular formula is C22H26B4FN3O2. The van der Waals surface area contributed by atoms with E-state index in [1.54, 1.807) is 0 Å². The number of nitrogens with zero attached hydrogens (tertiary/aromatic N) is 2. The number of nitrogens with one attached hydrogen (secondary N) is 1. The molecule has 10 heteroatoms. The van der Waals surface area contributed by atoms with Crippen molar-refractivity contribution in [3.63, 3.8) is 0 Å². The van der Waals surface area contributed by atoms with E-state index in [2.05, 4.69) is 40.7 Å². The Bertz CT molecular complexity index is 1350. The Labute approximate surface area is 190 Å². The standard InChI is InChI=1S/C22H26B4FN3O2/c1-9(2)21-11(4-5-15(31)32-3)12-7-13-10(8-28-29-13)6-14(12)30(21)22-18(25)16(23)20(27)17(24)19(22)26/h6-9H,4-5,23-26H2,1-3H3,(H,28,29). The zero-order chi connectivity index (χ0) is 23.3. The fourth-order valence-electron chi connectivity index (χ4n) is 4.83. The average Bonchev–Trinajstić information content (AvgIpc) is 3.35. The number of hydrogen-bond acceptors (Lipinski definition) is 3. The molecule has 0 atom stereocenters. The number of benzene rings is 2. The molecule has 0 radical (unpaired) electrons. The number of halogens is 1. The third-order valence-corrected chi connectivity index (χ3v) is 6.74. The molecule has 2 aromatic heterocycles. The molecule has 160 valence electrons. The summed E-state index contributed by atoms with van der Waals surface area (Å²) in [6, 6.07) is 4.25. The van der Waals surface area contributed by atoms with E-state index in [1.807, 2.05) is 37.6 Å². The van der Waals surface area contributed by atoms with Crippen LogP contribution in [0.5, 0.6) is 0 Å². The second kappa shape index (κ2) is 8.23. The minimum Gasteiger partial charge on any atom is -0.469 e. The van der Waals surface area contributed by atoms with Crippen LogP contribution >= 0.6 is 0 Å². The van der Waals surface area contributed by atoms with Crippen LogP contribution in [0.15, 0.2) is 18.3 Å². The van der Waals surface area contributed by atoms with Gasteiger partial charge in [-0.15, -0.1) is 0 Å². The van der Waals surface area contributed by atoms with Crippen LogP contribution in [-0.4, -0.2) is 59.2 Å². The van der Waals surface area contributed by atoms with Crippen LogP contribution in [0.2, 0.25) is 0 Å². The summed E-state index contributed by atoms with van der Waals surface area (Å²) in [7, 11) is 9.07. The molecule has 4 aromatic rings. The van der Waals surface area contributed by atoms with Crippen molar-refractivity contribution in [2.24, 2.45) is 0 Å². The molecule has 1 N–H and O–H groups in total. The Balaban J connectivity index is 2.15. The van der Waals surface area contributed by atoms with E-state index in [1.165, 1.54) is 7.11 Å². The molecule has 32 heavy (non-hydrogen) atoms. The summed E-state index contributed by atoms with van der Waals surface area (Å²) in [4.78, 5) is 12.0. The molecule has 0 saturated heterocycles. The van der Waals surface area contributed by atoms with Gasteiger partial charge in [-0.2, -0.15) is 5.10 Å². The van der Waals surface area contributed by atoms with Crippen LogP contribution in [0.4, 0.5) is 4.39 Å². The van der Waals surface area contributed by atoms with Crippen LogP contribution in [0.25, 0.3) is 27.5 Å². The summed E-state index contributed by atoms with van der Waals surface area (Å²) < 4.78 is 22.1. The number of rotatable bonds is 5. The summed E-state index contributed by atoms with van der Waals surface area (Å²) in [6.45, 7) is 4.32. The van der Waals surface area contributed by atoms with Gasteiger partial charge in [-0.25, -0.2) is 4.39 Å². The number of ether oxygens (including phenoxy) is 1. The van der Waals surface area contributed by atoms with Crippen molar-refractivity contribution in [3.05, 3.63) is 35.4 Å². The minimum absolute atomic E-state index is 0.144. The number of aromatic amines is 1. The maximum absolute atomic E-state index is 14.9. The highest BCUT2D eigenvalue weighted by molar-refractivity contribution is 6.58. The van der Waals surface area contributed by atoms with Gasteiger partial charge in [-0.3, -0.25) is 9.89 Å². The molecule has 0 spiro atoms. The Morgan fingerprint density at radius 1 is 1.16 bits per heavy atom. The summed E-state index contributed by atoms with van der Waals surface area (Å²) in [5.74, 6) is -0.186. The van der Waals surface area contributed by atoms with Crippen LogP contribution < -0.4 is 21.9 Å². The SMILES string of the molecule is Bc1c(B)c(-n2c(C(C)C)c(CCC(=O)OC)c3cc4[nH]ncc4cc32)c(B)c(B)c1F. The van der Waals surface area contributed by atoms with Gasteiger partial charge in [-0.05, 0) is 30.0 Å². The zero-order valence-electron chi connectivity index (χ0n) is 19.8. The lowest BCUT2D eigenvalue weighted by Crippen LogP contribution is -2.47. The predicted molar refractivity (Wildman–Crippen MR) is 140 cm³/mol. The van der Waals surface area contributed by atoms with Crippen LogP contribution in [0, 0.1) is 5.82 Å². The second-order valence-corrected chi connectivity index (χ2v) is 8.92. The van der Waals surface area contributed by atoms with Crippen LogP contribution in [0.1, 0.15) is 37.4 Å². The third-order valence-electron chi connectivity index (χ3n) is 6.74. The maximum Gasteiger partial charge on any atom is 0.305 e. The van der Waals surface area contributed by atoms with E-state index < -0.39 is 0 Å². The summed E-state index contributed by atoms with van der Waals surface area (Å²) in [5, 5.41) is 9.35. The van der Waals surface area contributed by atoms with E-state index in [4.69, 9.17) is 4.74 Å². The molecule has 0 bridgehead atoms. The Morgan fingerprint density at radius 2 is 1.81 bits per heavy atom. The molecule has 0 amide bonds. The lowest BCUT2D eigenvalue weighted by molar-refractivity contribution is -0.140. The highest BCUT2D eigenvalue weighted by atomic mass is 19.1. The number of methoxy groups -OCH3 is 1. The van der Waals surface area contributed by atoms with E-state index in [9.17, 15) is 9.18 Å². The van der Waals surface area contributed by atoms with Crippen molar-refractivity contribution in [1.29, 1.82) is 0 Å². The third kappa shape index (κ3) is 3.36. The molecule has 2 heterocycles. The largest absolute Gasteiger partial charge is 0.469 e. The second-order valence-electron chi connectivity index (χ2n) is 8.92. The topological polar surface area (TPSA) is 59.9 Å². The van der Waals surface area contributed by atoms with Crippen molar-refractivity contribution < 1.29 is 13.9 Å². The summed E-state index contributed by atoms with van der Waals surface area (Å²) in [6.07, 6.45) is 2.69. The van der Waals surface area contributed by atoms with Gasteiger partial charge in [0.2, 0.25) is 0 Å². The molecule has 0 aliphatic heterocycles. The van der Waals surface area contributed by atoms with Gasteiger partial charge in [-0.1, -0.05) is 35.7 Å². The van der Waals surface area contributed by atoms with Gasteiger partial charge in [0.05, 0.1) is 24.3 Å². The van der Waals surface area contributed by atoms with Crippen molar-refractivity contribution in [2.75, 3.05) is 7.11 Å². The first-order valence-electron chi connectivity index (χ1n) is 11.0. The van der Waals surface area contributed by atoms with Crippen LogP contribution in [0.3, 0.4) is 0 Å². The highest BCUT2D eigenvalue weighted by Gasteiger charge is 2.25. The number of carbonyl (C=O) groups is 1. The van der Waals surface area contributed by atoms with Crippen molar-refractivity contribution in [3.8, 4) is 5.69 Å². The fraction of sp³-hybridized carbons (Fsp3) is 0.273. The first-order valence-corrected chi connectivity index (χ1v) is 11.0.